The largest absolute Gasteiger partial charge is 0.472 e. The van der Waals surface area contributed by atoms with E-state index in [2.05, 4.69) is 41.5 Å². The molecule has 0 saturated carbocycles. The Morgan fingerprint density at radius 3 is 0.724 bits per heavy atom. The highest BCUT2D eigenvalue weighted by molar-refractivity contribution is 7.47. The van der Waals surface area contributed by atoms with Crippen molar-refractivity contribution in [3.05, 3.63) is 0 Å². The first-order valence-corrected chi connectivity index (χ1v) is 47.5. The van der Waals surface area contributed by atoms with Crippen LogP contribution in [0.5, 0.6) is 0 Å². The fourth-order valence-electron chi connectivity index (χ4n) is 13.4. The van der Waals surface area contributed by atoms with Gasteiger partial charge in [0.25, 0.3) is 0 Å². The number of hydrogen-bond donors (Lipinski definition) is 3. The monoisotopic (exact) mass is 1540 g/mol. The van der Waals surface area contributed by atoms with Gasteiger partial charge in [-0.3, -0.25) is 37.3 Å². The summed E-state index contributed by atoms with van der Waals surface area (Å²) in [5.41, 5.74) is 0. The van der Waals surface area contributed by atoms with Crippen LogP contribution in [0.25, 0.3) is 0 Å². The predicted molar refractivity (Wildman–Crippen MR) is 432 cm³/mol. The predicted octanol–water partition coefficient (Wildman–Crippen LogP) is 26.2. The Hall–Kier alpha value is -1.94. The number of carbonyl (C=O) groups is 4. The van der Waals surface area contributed by atoms with Gasteiger partial charge in [0.1, 0.15) is 19.3 Å². The minimum absolute atomic E-state index is 0.106. The van der Waals surface area contributed by atoms with E-state index in [9.17, 15) is 43.2 Å². The van der Waals surface area contributed by atoms with Gasteiger partial charge in [-0.05, 0) is 37.5 Å². The van der Waals surface area contributed by atoms with Crippen LogP contribution in [0.15, 0.2) is 0 Å². The summed E-state index contributed by atoms with van der Waals surface area (Å²) in [5.74, 6) is -0.610. The summed E-state index contributed by atoms with van der Waals surface area (Å²) >= 11 is 0. The molecule has 0 heterocycles. The molecule has 0 amide bonds. The third kappa shape index (κ3) is 78.5. The summed E-state index contributed by atoms with van der Waals surface area (Å²) in [4.78, 5) is 73.2. The van der Waals surface area contributed by atoms with Crippen molar-refractivity contribution in [3.63, 3.8) is 0 Å². The maximum Gasteiger partial charge on any atom is 0.472 e. The molecular formula is C86H168O17P2. The van der Waals surface area contributed by atoms with Crippen LogP contribution in [0.3, 0.4) is 0 Å². The van der Waals surface area contributed by atoms with Crippen molar-refractivity contribution in [2.45, 2.75) is 477 Å². The quantitative estimate of drug-likeness (QED) is 0.0222. The Kier molecular flexibility index (Phi) is 76.0. The zero-order chi connectivity index (χ0) is 77.1. The van der Waals surface area contributed by atoms with Crippen molar-refractivity contribution in [1.29, 1.82) is 0 Å². The highest BCUT2D eigenvalue weighted by atomic mass is 31.2. The van der Waals surface area contributed by atoms with Crippen LogP contribution in [-0.4, -0.2) is 96.7 Å². The van der Waals surface area contributed by atoms with Crippen LogP contribution in [0.4, 0.5) is 0 Å². The van der Waals surface area contributed by atoms with Gasteiger partial charge in [-0.2, -0.15) is 0 Å². The molecule has 0 aliphatic carbocycles. The van der Waals surface area contributed by atoms with Gasteiger partial charge in [0, 0.05) is 25.7 Å². The van der Waals surface area contributed by atoms with Crippen molar-refractivity contribution >= 4 is 39.5 Å². The Morgan fingerprint density at radius 1 is 0.276 bits per heavy atom. The molecule has 0 spiro atoms. The first-order valence-electron chi connectivity index (χ1n) is 44.5. The number of phosphoric acid groups is 2. The molecule has 624 valence electrons. The minimum atomic E-state index is -4.97. The molecular weight excluding hydrogens is 1370 g/mol. The fourth-order valence-corrected chi connectivity index (χ4v) is 15.0. The number of unbranched alkanes of at least 4 members (excludes halogenated alkanes) is 54. The summed E-state index contributed by atoms with van der Waals surface area (Å²) in [6.45, 7) is 9.62. The highest BCUT2D eigenvalue weighted by Gasteiger charge is 2.30. The lowest BCUT2D eigenvalue weighted by Gasteiger charge is -2.21. The van der Waals surface area contributed by atoms with Gasteiger partial charge in [-0.25, -0.2) is 9.13 Å². The van der Waals surface area contributed by atoms with Gasteiger partial charge in [-0.15, -0.1) is 0 Å². The van der Waals surface area contributed by atoms with Crippen molar-refractivity contribution in [2.24, 2.45) is 11.8 Å². The van der Waals surface area contributed by atoms with Gasteiger partial charge in [0.2, 0.25) is 0 Å². The second-order valence-corrected chi connectivity index (χ2v) is 34.6. The zero-order valence-electron chi connectivity index (χ0n) is 69.0. The molecule has 17 nitrogen and oxygen atoms in total. The molecule has 3 unspecified atom stereocenters. The normalized spacial score (nSPS) is 14.1. The van der Waals surface area contributed by atoms with E-state index in [1.54, 1.807) is 0 Å². The molecule has 105 heavy (non-hydrogen) atoms. The zero-order valence-corrected chi connectivity index (χ0v) is 70.8. The molecule has 0 fully saturated rings. The molecule has 19 heteroatoms. The van der Waals surface area contributed by atoms with Crippen LogP contribution in [0.1, 0.15) is 459 Å². The maximum absolute atomic E-state index is 13.1. The Balaban J connectivity index is 5.21. The minimum Gasteiger partial charge on any atom is -0.462 e. The van der Waals surface area contributed by atoms with E-state index in [0.717, 1.165) is 108 Å². The van der Waals surface area contributed by atoms with Crippen LogP contribution < -0.4 is 0 Å². The fraction of sp³-hybridized carbons (Fsp3) is 0.953. The van der Waals surface area contributed by atoms with E-state index in [0.29, 0.717) is 25.7 Å². The molecule has 6 atom stereocenters. The van der Waals surface area contributed by atoms with Gasteiger partial charge >= 0.3 is 39.5 Å². The molecule has 0 radical (unpaired) electrons. The lowest BCUT2D eigenvalue weighted by atomic mass is 10.00. The molecule has 0 aromatic rings. The second kappa shape index (κ2) is 77.4. The smallest absolute Gasteiger partial charge is 0.462 e. The van der Waals surface area contributed by atoms with Crippen LogP contribution in [0, 0.1) is 11.8 Å². The van der Waals surface area contributed by atoms with E-state index in [4.69, 9.17) is 37.0 Å². The van der Waals surface area contributed by atoms with Gasteiger partial charge in [0.15, 0.2) is 12.2 Å². The molecule has 3 N–H and O–H groups in total. The topological polar surface area (TPSA) is 237 Å². The van der Waals surface area contributed by atoms with E-state index in [-0.39, 0.29) is 25.7 Å². The number of rotatable bonds is 85. The standard InChI is InChI=1S/C86H168O17P2/c1-7-10-12-14-16-18-20-22-24-26-28-29-30-32-34-36-38-42-46-50-58-64-70-85(90)102-81(74-96-83(88)68-62-56-49-45-41-37-35-33-31-27-25-23-21-19-17-15-13-11-8-2)76-100-104(92,93)98-72-80(87)73-99-105(94,95)101-77-82(75-97-84(89)69-63-57-53-52-55-61-67-79(6)9-3)103-86(91)71-65-59-51-47-43-39-40-44-48-54-60-66-78(4)5/h78-82,87H,7-77H2,1-6H3,(H,92,93)(H,94,95)/t79?,80-,81-,82-/m1/s1. The van der Waals surface area contributed by atoms with E-state index < -0.39 is 97.5 Å². The maximum atomic E-state index is 13.1. The number of aliphatic hydroxyl groups excluding tert-OH is 1. The summed E-state index contributed by atoms with van der Waals surface area (Å²) in [5, 5.41) is 10.7. The molecule has 0 bridgehead atoms. The third-order valence-electron chi connectivity index (χ3n) is 20.6. The van der Waals surface area contributed by atoms with Gasteiger partial charge in [0.05, 0.1) is 26.4 Å². The number of phosphoric ester groups is 2. The number of carbonyl (C=O) groups excluding carboxylic acids is 4. The third-order valence-corrected chi connectivity index (χ3v) is 22.5. The number of esters is 4. The first kappa shape index (κ1) is 103. The SMILES string of the molecule is CCCCCCCCCCCCCCCCCCCCCCCCC(=O)O[C@H](COC(=O)CCCCCCCCCCCCCCCCCCCCC)COP(=O)(O)OC[C@@H](O)COP(=O)(O)OC[C@@H](COC(=O)CCCCCCCCC(C)CC)OC(=O)CCCCCCCCCCCCCC(C)C. The van der Waals surface area contributed by atoms with Crippen molar-refractivity contribution in [3.8, 4) is 0 Å². The van der Waals surface area contributed by atoms with E-state index in [1.807, 2.05) is 0 Å². The Labute approximate surface area is 645 Å². The van der Waals surface area contributed by atoms with Crippen molar-refractivity contribution in [1.82, 2.24) is 0 Å². The van der Waals surface area contributed by atoms with Crippen LogP contribution in [0.2, 0.25) is 0 Å². The average molecular weight is 1540 g/mol. The highest BCUT2D eigenvalue weighted by Crippen LogP contribution is 2.45. The van der Waals surface area contributed by atoms with Gasteiger partial charge < -0.3 is 33.8 Å². The summed E-state index contributed by atoms with van der Waals surface area (Å²) in [7, 11) is -9.93. The molecule has 0 aromatic heterocycles. The van der Waals surface area contributed by atoms with E-state index in [1.165, 1.54) is 270 Å². The number of ether oxygens (including phenoxy) is 4. The van der Waals surface area contributed by atoms with Crippen LogP contribution >= 0.6 is 15.6 Å². The molecule has 0 aliphatic rings. The van der Waals surface area contributed by atoms with E-state index >= 15 is 0 Å². The lowest BCUT2D eigenvalue weighted by Crippen LogP contribution is -2.30. The average Bonchev–Trinajstić information content (AvgIpc) is 0.906. The number of aliphatic hydroxyl groups is 1. The lowest BCUT2D eigenvalue weighted by molar-refractivity contribution is -0.161. The summed E-state index contributed by atoms with van der Waals surface area (Å²) < 4.78 is 68.9. The molecule has 0 aliphatic heterocycles. The molecule has 0 aromatic carbocycles. The van der Waals surface area contributed by atoms with Gasteiger partial charge in [-0.1, -0.05) is 408 Å². The molecule has 0 rings (SSSR count). The first-order chi connectivity index (χ1) is 50.9. The Morgan fingerprint density at radius 2 is 0.486 bits per heavy atom. The Bertz CT molecular complexity index is 2010. The molecule has 0 saturated heterocycles. The summed E-state index contributed by atoms with van der Waals surface area (Å²) in [6.07, 6.45) is 69.7. The summed E-state index contributed by atoms with van der Waals surface area (Å²) in [6, 6.07) is 0. The van der Waals surface area contributed by atoms with Crippen molar-refractivity contribution < 1.29 is 80.2 Å². The van der Waals surface area contributed by atoms with Crippen molar-refractivity contribution in [2.75, 3.05) is 39.6 Å². The number of hydrogen-bond acceptors (Lipinski definition) is 15. The second-order valence-electron chi connectivity index (χ2n) is 31.6. The van der Waals surface area contributed by atoms with Crippen LogP contribution in [-0.2, 0) is 65.4 Å².